The largest absolute Gasteiger partial charge is 0.126 e. The van der Waals surface area contributed by atoms with Crippen molar-refractivity contribution in [3.05, 3.63) is 42.0 Å². The molecule has 0 nitrogen and oxygen atoms in total. The van der Waals surface area contributed by atoms with Gasteiger partial charge < -0.3 is 0 Å². The smallest absolute Gasteiger partial charge is 0.0104 e. The SMILES string of the molecule is CCCCCCCCC/C=C(\SCC)c1ccccc1. The number of hydrogen-bond donors (Lipinski definition) is 0. The molecule has 0 N–H and O–H groups in total. The van der Waals surface area contributed by atoms with Crippen molar-refractivity contribution in [1.29, 1.82) is 0 Å². The molecule has 0 aromatic heterocycles. The Morgan fingerprint density at radius 1 is 0.900 bits per heavy atom. The first-order chi connectivity index (χ1) is 9.88. The Bertz CT molecular complexity index is 353. The van der Waals surface area contributed by atoms with E-state index in [1.165, 1.54) is 61.8 Å². The van der Waals surface area contributed by atoms with Crippen LogP contribution in [0.2, 0.25) is 0 Å². The van der Waals surface area contributed by atoms with Gasteiger partial charge in [0.25, 0.3) is 0 Å². The summed E-state index contributed by atoms with van der Waals surface area (Å²) in [7, 11) is 0. The van der Waals surface area contributed by atoms with E-state index in [1.807, 2.05) is 11.8 Å². The molecule has 0 heterocycles. The molecule has 1 heteroatoms. The Kier molecular flexibility index (Phi) is 10.5. The molecule has 20 heavy (non-hydrogen) atoms. The minimum absolute atomic E-state index is 1.15. The van der Waals surface area contributed by atoms with Gasteiger partial charge in [0.1, 0.15) is 0 Å². The van der Waals surface area contributed by atoms with E-state index in [4.69, 9.17) is 0 Å². The second kappa shape index (κ2) is 12.1. The Labute approximate surface area is 130 Å². The van der Waals surface area contributed by atoms with Gasteiger partial charge >= 0.3 is 0 Å². The molecule has 0 aliphatic carbocycles. The van der Waals surface area contributed by atoms with Gasteiger partial charge in [-0.25, -0.2) is 0 Å². The summed E-state index contributed by atoms with van der Waals surface area (Å²) in [4.78, 5) is 1.46. The molecule has 112 valence electrons. The third-order valence-corrected chi connectivity index (χ3v) is 4.50. The lowest BCUT2D eigenvalue weighted by Crippen LogP contribution is -1.83. The van der Waals surface area contributed by atoms with Crippen molar-refractivity contribution in [3.8, 4) is 0 Å². The number of thioether (sulfide) groups is 1. The van der Waals surface area contributed by atoms with E-state index in [9.17, 15) is 0 Å². The molecule has 0 unspecified atom stereocenters. The summed E-state index contributed by atoms with van der Waals surface area (Å²) >= 11 is 1.97. The molecule has 1 aromatic rings. The lowest BCUT2D eigenvalue weighted by Gasteiger charge is -2.06. The molecule has 0 atom stereocenters. The molecule has 0 bridgehead atoms. The lowest BCUT2D eigenvalue weighted by atomic mass is 10.1. The summed E-state index contributed by atoms with van der Waals surface area (Å²) in [6.07, 6.45) is 13.4. The standard InChI is InChI=1S/C19H30S/c1-3-5-6-7-8-9-10-14-17-19(20-4-2)18-15-12-11-13-16-18/h11-13,15-17H,3-10,14H2,1-2H3/b19-17-. The molecule has 0 fully saturated rings. The summed E-state index contributed by atoms with van der Waals surface area (Å²) in [5.74, 6) is 1.15. The third-order valence-electron chi connectivity index (χ3n) is 3.50. The van der Waals surface area contributed by atoms with Crippen molar-refractivity contribution in [2.24, 2.45) is 0 Å². The number of benzene rings is 1. The molecule has 0 saturated heterocycles. The van der Waals surface area contributed by atoms with Crippen LogP contribution in [0, 0.1) is 0 Å². The average Bonchev–Trinajstić information content (AvgIpc) is 2.50. The average molecular weight is 291 g/mol. The second-order valence-corrected chi connectivity index (χ2v) is 6.58. The second-order valence-electron chi connectivity index (χ2n) is 5.28. The van der Waals surface area contributed by atoms with Crippen LogP contribution in [0.5, 0.6) is 0 Å². The van der Waals surface area contributed by atoms with E-state index in [0.29, 0.717) is 0 Å². The molecular formula is C19H30S. The molecule has 0 saturated carbocycles. The highest BCUT2D eigenvalue weighted by Gasteiger charge is 2.00. The van der Waals surface area contributed by atoms with Gasteiger partial charge in [-0.1, -0.05) is 88.8 Å². The van der Waals surface area contributed by atoms with Gasteiger partial charge in [0, 0.05) is 4.91 Å². The highest BCUT2D eigenvalue weighted by Crippen LogP contribution is 2.28. The maximum absolute atomic E-state index is 2.44. The summed E-state index contributed by atoms with van der Waals surface area (Å²) in [6, 6.07) is 10.8. The minimum Gasteiger partial charge on any atom is -0.126 e. The van der Waals surface area contributed by atoms with Crippen molar-refractivity contribution in [3.63, 3.8) is 0 Å². The highest BCUT2D eigenvalue weighted by molar-refractivity contribution is 8.08. The van der Waals surface area contributed by atoms with E-state index in [2.05, 4.69) is 50.3 Å². The van der Waals surface area contributed by atoms with Crippen LogP contribution in [-0.4, -0.2) is 5.75 Å². The highest BCUT2D eigenvalue weighted by atomic mass is 32.2. The topological polar surface area (TPSA) is 0 Å². The van der Waals surface area contributed by atoms with Crippen molar-refractivity contribution in [2.75, 3.05) is 5.75 Å². The molecule has 1 rings (SSSR count). The first-order valence-corrected chi connectivity index (χ1v) is 9.25. The monoisotopic (exact) mass is 290 g/mol. The van der Waals surface area contributed by atoms with Crippen LogP contribution in [-0.2, 0) is 0 Å². The predicted octanol–water partition coefficient (Wildman–Crippen LogP) is 6.92. The van der Waals surface area contributed by atoms with Crippen LogP contribution < -0.4 is 0 Å². The van der Waals surface area contributed by atoms with Gasteiger partial charge in [0.2, 0.25) is 0 Å². The van der Waals surface area contributed by atoms with E-state index in [0.717, 1.165) is 5.75 Å². The van der Waals surface area contributed by atoms with Crippen LogP contribution in [0.4, 0.5) is 0 Å². The fraction of sp³-hybridized carbons (Fsp3) is 0.579. The van der Waals surface area contributed by atoms with Crippen LogP contribution >= 0.6 is 11.8 Å². The zero-order valence-corrected chi connectivity index (χ0v) is 14.1. The first-order valence-electron chi connectivity index (χ1n) is 8.26. The predicted molar refractivity (Wildman–Crippen MR) is 95.2 cm³/mol. The molecule has 0 spiro atoms. The number of unbranched alkanes of at least 4 members (excludes halogenated alkanes) is 7. The van der Waals surface area contributed by atoms with Gasteiger partial charge in [-0.2, -0.15) is 0 Å². The Hall–Kier alpha value is -0.690. The number of allylic oxidation sites excluding steroid dienone is 1. The molecule has 0 amide bonds. The Balaban J connectivity index is 2.26. The van der Waals surface area contributed by atoms with Gasteiger partial charge in [-0.3, -0.25) is 0 Å². The molecular weight excluding hydrogens is 260 g/mol. The quantitative estimate of drug-likeness (QED) is 0.398. The fourth-order valence-electron chi connectivity index (χ4n) is 2.35. The zero-order chi connectivity index (χ0) is 14.5. The van der Waals surface area contributed by atoms with Crippen molar-refractivity contribution < 1.29 is 0 Å². The van der Waals surface area contributed by atoms with Crippen LogP contribution in [0.15, 0.2) is 36.4 Å². The third kappa shape index (κ3) is 7.79. The maximum atomic E-state index is 2.44. The van der Waals surface area contributed by atoms with Gasteiger partial charge in [0.15, 0.2) is 0 Å². The zero-order valence-electron chi connectivity index (χ0n) is 13.2. The van der Waals surface area contributed by atoms with Gasteiger partial charge in [-0.15, -0.1) is 11.8 Å². The Morgan fingerprint density at radius 3 is 2.20 bits per heavy atom. The lowest BCUT2D eigenvalue weighted by molar-refractivity contribution is 0.592. The normalized spacial score (nSPS) is 11.8. The fourth-order valence-corrected chi connectivity index (χ4v) is 3.20. The minimum atomic E-state index is 1.15. The summed E-state index contributed by atoms with van der Waals surface area (Å²) in [5, 5.41) is 0. The van der Waals surface area contributed by atoms with Crippen molar-refractivity contribution in [2.45, 2.75) is 65.2 Å². The van der Waals surface area contributed by atoms with Gasteiger partial charge in [-0.05, 0) is 24.2 Å². The summed E-state index contributed by atoms with van der Waals surface area (Å²) < 4.78 is 0. The van der Waals surface area contributed by atoms with Crippen molar-refractivity contribution in [1.82, 2.24) is 0 Å². The van der Waals surface area contributed by atoms with E-state index in [-0.39, 0.29) is 0 Å². The van der Waals surface area contributed by atoms with Crippen molar-refractivity contribution >= 4 is 16.7 Å². The molecule has 0 aliphatic heterocycles. The van der Waals surface area contributed by atoms with Crippen LogP contribution in [0.25, 0.3) is 4.91 Å². The number of hydrogen-bond acceptors (Lipinski definition) is 1. The molecule has 1 aromatic carbocycles. The summed E-state index contributed by atoms with van der Waals surface area (Å²) in [5.41, 5.74) is 1.38. The maximum Gasteiger partial charge on any atom is 0.0104 e. The number of rotatable bonds is 11. The molecule has 0 aliphatic rings. The Morgan fingerprint density at radius 2 is 1.55 bits per heavy atom. The molecule has 0 radical (unpaired) electrons. The van der Waals surface area contributed by atoms with Crippen LogP contribution in [0.3, 0.4) is 0 Å². The summed E-state index contributed by atoms with van der Waals surface area (Å²) in [6.45, 7) is 4.51. The van der Waals surface area contributed by atoms with Gasteiger partial charge in [0.05, 0.1) is 0 Å². The van der Waals surface area contributed by atoms with E-state index in [1.54, 1.807) is 0 Å². The van der Waals surface area contributed by atoms with Crippen LogP contribution in [0.1, 0.15) is 70.8 Å². The van der Waals surface area contributed by atoms with E-state index >= 15 is 0 Å². The first kappa shape index (κ1) is 17.4. The van der Waals surface area contributed by atoms with E-state index < -0.39 is 0 Å².